The molecule has 1 aromatic carbocycles. The number of anilines is 1. The van der Waals surface area contributed by atoms with Crippen molar-refractivity contribution in [3.63, 3.8) is 0 Å². The van der Waals surface area contributed by atoms with Crippen LogP contribution >= 0.6 is 0 Å². The average molecular weight is 406 g/mol. The molecule has 2 rings (SSSR count). The molecule has 1 fully saturated rings. The molecule has 0 saturated heterocycles. The summed E-state index contributed by atoms with van der Waals surface area (Å²) in [5.74, 6) is 0.264. The van der Waals surface area contributed by atoms with Crippen LogP contribution < -0.4 is 5.32 Å². The highest BCUT2D eigenvalue weighted by Crippen LogP contribution is 2.38. The summed E-state index contributed by atoms with van der Waals surface area (Å²) in [5, 5.41) is 12.8. The predicted octanol–water partition coefficient (Wildman–Crippen LogP) is 6.26. The van der Waals surface area contributed by atoms with Gasteiger partial charge in [-0.2, -0.15) is 0 Å². The van der Waals surface area contributed by atoms with Crippen LogP contribution in [0.3, 0.4) is 0 Å². The van der Waals surface area contributed by atoms with Crippen molar-refractivity contribution >= 4 is 20.0 Å². The normalized spacial score (nSPS) is 21.9. The highest BCUT2D eigenvalue weighted by atomic mass is 28.4. The predicted molar refractivity (Wildman–Crippen MR) is 120 cm³/mol. The Balaban J connectivity index is 1.82. The third-order valence-corrected chi connectivity index (χ3v) is 11.1. The molecule has 1 saturated carbocycles. The van der Waals surface area contributed by atoms with Crippen molar-refractivity contribution in [3.05, 3.63) is 29.8 Å². The first-order valence-electron chi connectivity index (χ1n) is 10.7. The molecular formula is C23H39NO3Si. The number of rotatable bonds is 8. The van der Waals surface area contributed by atoms with E-state index in [9.17, 15) is 4.79 Å². The van der Waals surface area contributed by atoms with Gasteiger partial charge in [-0.05, 0) is 80.3 Å². The monoisotopic (exact) mass is 405 g/mol. The second-order valence-corrected chi connectivity index (χ2v) is 14.9. The first kappa shape index (κ1) is 23.0. The smallest absolute Gasteiger partial charge is 0.303 e. The molecule has 28 heavy (non-hydrogen) atoms. The van der Waals surface area contributed by atoms with E-state index < -0.39 is 14.3 Å². The van der Waals surface area contributed by atoms with E-state index >= 15 is 0 Å². The van der Waals surface area contributed by atoms with Crippen molar-refractivity contribution in [2.45, 2.75) is 89.9 Å². The van der Waals surface area contributed by atoms with E-state index in [4.69, 9.17) is 9.53 Å². The quantitative estimate of drug-likeness (QED) is 0.501. The molecule has 0 spiro atoms. The molecule has 1 aliphatic rings. The van der Waals surface area contributed by atoms with Gasteiger partial charge in [-0.1, -0.05) is 32.9 Å². The van der Waals surface area contributed by atoms with E-state index in [0.717, 1.165) is 38.0 Å². The molecule has 0 amide bonds. The summed E-state index contributed by atoms with van der Waals surface area (Å²) in [6, 6.07) is 9.06. The summed E-state index contributed by atoms with van der Waals surface area (Å²) < 4.78 is 6.32. The molecule has 1 unspecified atom stereocenters. The van der Waals surface area contributed by atoms with Gasteiger partial charge in [0.25, 0.3) is 0 Å². The first-order valence-corrected chi connectivity index (χ1v) is 13.6. The Labute approximate surface area is 172 Å². The van der Waals surface area contributed by atoms with Gasteiger partial charge in [-0.25, -0.2) is 0 Å². The summed E-state index contributed by atoms with van der Waals surface area (Å²) >= 11 is 0. The number of nitrogens with one attached hydrogen (secondary N) is 1. The number of carboxylic acids is 1. The maximum absolute atomic E-state index is 10.9. The standard InChI is InChI=1S/C23H39NO3Si/c1-17(16-27-28(5,6)23(2,3)4)24-21-13-11-20(12-14-21)19-9-7-18(8-10-19)15-22(25)26/h11-14,17-19,24H,7-10,15-16H2,1-6H3,(H,25,26). The first-order chi connectivity index (χ1) is 13.0. The summed E-state index contributed by atoms with van der Waals surface area (Å²) in [4.78, 5) is 10.9. The molecule has 0 aliphatic heterocycles. The highest BCUT2D eigenvalue weighted by Gasteiger charge is 2.37. The number of carbonyl (C=O) groups is 1. The number of benzene rings is 1. The Hall–Kier alpha value is -1.33. The summed E-state index contributed by atoms with van der Waals surface area (Å²) in [6.07, 6.45) is 4.57. The lowest BCUT2D eigenvalue weighted by molar-refractivity contribution is -0.138. The van der Waals surface area contributed by atoms with Gasteiger partial charge >= 0.3 is 5.97 Å². The van der Waals surface area contributed by atoms with Crippen LogP contribution in [0.4, 0.5) is 5.69 Å². The molecule has 0 heterocycles. The number of aliphatic carboxylic acids is 1. The van der Waals surface area contributed by atoms with E-state index in [1.807, 2.05) is 0 Å². The van der Waals surface area contributed by atoms with Crippen molar-refractivity contribution in [2.24, 2.45) is 5.92 Å². The maximum atomic E-state index is 10.9. The lowest BCUT2D eigenvalue weighted by atomic mass is 9.77. The fourth-order valence-corrected chi connectivity index (χ4v) is 4.77. The fourth-order valence-electron chi connectivity index (χ4n) is 3.67. The van der Waals surface area contributed by atoms with Gasteiger partial charge in [0.15, 0.2) is 8.32 Å². The second-order valence-electron chi connectivity index (χ2n) is 10.1. The average Bonchev–Trinajstić information content (AvgIpc) is 2.60. The molecule has 158 valence electrons. The van der Waals surface area contributed by atoms with E-state index in [1.165, 1.54) is 5.56 Å². The van der Waals surface area contributed by atoms with Crippen LogP contribution in [-0.4, -0.2) is 32.0 Å². The lowest BCUT2D eigenvalue weighted by Gasteiger charge is -2.37. The van der Waals surface area contributed by atoms with E-state index in [-0.39, 0.29) is 11.1 Å². The summed E-state index contributed by atoms with van der Waals surface area (Å²) in [6.45, 7) is 14.3. The van der Waals surface area contributed by atoms with Gasteiger partial charge in [0.2, 0.25) is 0 Å². The Kier molecular flexibility index (Phi) is 7.74. The van der Waals surface area contributed by atoms with Crippen molar-refractivity contribution in [2.75, 3.05) is 11.9 Å². The van der Waals surface area contributed by atoms with Gasteiger partial charge in [-0.3, -0.25) is 4.79 Å². The Morgan fingerprint density at radius 3 is 2.25 bits per heavy atom. The SMILES string of the molecule is CC(CO[Si](C)(C)C(C)(C)C)Nc1ccc(C2CCC(CC(=O)O)CC2)cc1. The van der Waals surface area contributed by atoms with Crippen molar-refractivity contribution in [1.29, 1.82) is 0 Å². The number of hydrogen-bond donors (Lipinski definition) is 2. The van der Waals surface area contributed by atoms with Crippen LogP contribution in [0.2, 0.25) is 18.1 Å². The molecule has 0 aromatic heterocycles. The zero-order valence-electron chi connectivity index (χ0n) is 18.5. The van der Waals surface area contributed by atoms with E-state index in [2.05, 4.69) is 70.4 Å². The molecule has 0 bridgehead atoms. The van der Waals surface area contributed by atoms with Gasteiger partial charge in [-0.15, -0.1) is 0 Å². The molecule has 1 aliphatic carbocycles. The molecule has 5 heteroatoms. The topological polar surface area (TPSA) is 58.6 Å². The maximum Gasteiger partial charge on any atom is 0.303 e. The van der Waals surface area contributed by atoms with Crippen molar-refractivity contribution in [3.8, 4) is 0 Å². The van der Waals surface area contributed by atoms with Crippen molar-refractivity contribution in [1.82, 2.24) is 0 Å². The zero-order valence-corrected chi connectivity index (χ0v) is 19.5. The van der Waals surface area contributed by atoms with Gasteiger partial charge in [0, 0.05) is 18.2 Å². The van der Waals surface area contributed by atoms with Crippen LogP contribution in [0.25, 0.3) is 0 Å². The minimum absolute atomic E-state index is 0.234. The second kappa shape index (κ2) is 9.44. The summed E-state index contributed by atoms with van der Waals surface area (Å²) in [5.41, 5.74) is 2.51. The molecular weight excluding hydrogens is 366 g/mol. The lowest BCUT2D eigenvalue weighted by Crippen LogP contribution is -2.43. The molecule has 2 N–H and O–H groups in total. The molecule has 1 atom stereocenters. The van der Waals surface area contributed by atoms with Gasteiger partial charge < -0.3 is 14.8 Å². The molecule has 4 nitrogen and oxygen atoms in total. The Morgan fingerprint density at radius 1 is 1.18 bits per heavy atom. The minimum Gasteiger partial charge on any atom is -0.481 e. The van der Waals surface area contributed by atoms with Crippen LogP contribution in [0.1, 0.15) is 71.3 Å². The fraction of sp³-hybridized carbons (Fsp3) is 0.696. The molecule has 0 radical (unpaired) electrons. The van der Waals surface area contributed by atoms with Gasteiger partial charge in [0.05, 0.1) is 6.61 Å². The third-order valence-electron chi connectivity index (χ3n) is 6.61. The van der Waals surface area contributed by atoms with Gasteiger partial charge in [0.1, 0.15) is 0 Å². The van der Waals surface area contributed by atoms with Crippen LogP contribution in [0.15, 0.2) is 24.3 Å². The Morgan fingerprint density at radius 2 is 1.75 bits per heavy atom. The van der Waals surface area contributed by atoms with E-state index in [1.54, 1.807) is 0 Å². The Bertz CT molecular complexity index is 628. The number of hydrogen-bond acceptors (Lipinski definition) is 3. The number of carboxylic acid groups (broad SMARTS) is 1. The zero-order chi connectivity index (χ0) is 20.9. The van der Waals surface area contributed by atoms with Crippen LogP contribution in [-0.2, 0) is 9.22 Å². The highest BCUT2D eigenvalue weighted by molar-refractivity contribution is 6.74. The minimum atomic E-state index is -1.71. The third kappa shape index (κ3) is 6.63. The largest absolute Gasteiger partial charge is 0.481 e. The van der Waals surface area contributed by atoms with E-state index in [0.29, 0.717) is 18.3 Å². The van der Waals surface area contributed by atoms with Crippen LogP contribution in [0, 0.1) is 5.92 Å². The van der Waals surface area contributed by atoms with Crippen LogP contribution in [0.5, 0.6) is 0 Å². The summed E-state index contributed by atoms with van der Waals surface area (Å²) in [7, 11) is -1.71. The molecule has 1 aromatic rings. The van der Waals surface area contributed by atoms with Crippen molar-refractivity contribution < 1.29 is 14.3 Å².